The fourth-order valence-electron chi connectivity index (χ4n) is 3.56. The molecular weight excluding hydrogens is 328 g/mol. The van der Waals surface area contributed by atoms with Crippen molar-refractivity contribution in [1.29, 1.82) is 0 Å². The zero-order valence-corrected chi connectivity index (χ0v) is 14.2. The number of hydrogen-bond acceptors (Lipinski definition) is 5. The van der Waals surface area contributed by atoms with E-state index in [0.29, 0.717) is 17.2 Å². The monoisotopic (exact) mass is 346 g/mol. The number of rotatable bonds is 3. The van der Waals surface area contributed by atoms with Gasteiger partial charge in [0.1, 0.15) is 23.5 Å². The van der Waals surface area contributed by atoms with Crippen molar-refractivity contribution in [2.24, 2.45) is 4.99 Å². The molecule has 0 radical (unpaired) electrons. The molecule has 0 spiro atoms. The number of hydrogen-bond donors (Lipinski definition) is 2. The number of H-pyrrole nitrogens is 1. The number of benzene rings is 1. The van der Waals surface area contributed by atoms with Crippen molar-refractivity contribution < 1.29 is 4.79 Å². The van der Waals surface area contributed by atoms with E-state index in [9.17, 15) is 4.79 Å². The smallest absolute Gasteiger partial charge is 0.270 e. The molecule has 2 aliphatic rings. The zero-order chi connectivity index (χ0) is 17.5. The third kappa shape index (κ3) is 2.52. The summed E-state index contributed by atoms with van der Waals surface area (Å²) in [4.78, 5) is 30.6. The Morgan fingerprint density at radius 2 is 2.04 bits per heavy atom. The molecule has 3 aromatic rings. The second-order valence-corrected chi connectivity index (χ2v) is 6.68. The summed E-state index contributed by atoms with van der Waals surface area (Å²) in [6.07, 6.45) is 5.53. The third-order valence-corrected chi connectivity index (χ3v) is 4.95. The van der Waals surface area contributed by atoms with Crippen molar-refractivity contribution in [3.05, 3.63) is 47.4 Å². The van der Waals surface area contributed by atoms with Crippen molar-refractivity contribution >= 4 is 34.7 Å². The first kappa shape index (κ1) is 15.1. The van der Waals surface area contributed by atoms with E-state index in [1.165, 1.54) is 11.9 Å². The number of amides is 1. The highest BCUT2D eigenvalue weighted by atomic mass is 16.2. The average molecular weight is 346 g/mol. The van der Waals surface area contributed by atoms with Gasteiger partial charge >= 0.3 is 0 Å². The molecule has 2 aromatic heterocycles. The maximum Gasteiger partial charge on any atom is 0.270 e. The van der Waals surface area contributed by atoms with Crippen LogP contribution >= 0.6 is 0 Å². The molecule has 0 atom stereocenters. The lowest BCUT2D eigenvalue weighted by Crippen LogP contribution is -2.27. The molecule has 1 amide bonds. The van der Waals surface area contributed by atoms with Gasteiger partial charge in [0.2, 0.25) is 0 Å². The predicted molar refractivity (Wildman–Crippen MR) is 100 cm³/mol. The van der Waals surface area contributed by atoms with Crippen LogP contribution in [0.1, 0.15) is 34.5 Å². The lowest BCUT2D eigenvalue weighted by atomic mass is 10.1. The molecule has 5 rings (SSSR count). The number of nitrogens with zero attached hydrogens (tertiary/aromatic N) is 4. The van der Waals surface area contributed by atoms with Crippen LogP contribution in [-0.2, 0) is 6.54 Å². The first-order valence-corrected chi connectivity index (χ1v) is 8.81. The van der Waals surface area contributed by atoms with Crippen LogP contribution in [0.2, 0.25) is 0 Å². The minimum atomic E-state index is 0.0280. The van der Waals surface area contributed by atoms with Gasteiger partial charge in [0, 0.05) is 25.0 Å². The number of aromatic nitrogens is 3. The molecule has 2 aliphatic heterocycles. The van der Waals surface area contributed by atoms with Crippen LogP contribution < -0.4 is 5.32 Å². The van der Waals surface area contributed by atoms with Crippen molar-refractivity contribution in [3.8, 4) is 0 Å². The van der Waals surface area contributed by atoms with E-state index in [0.717, 1.165) is 49.1 Å². The van der Waals surface area contributed by atoms with E-state index < -0.39 is 0 Å². The molecule has 130 valence electrons. The maximum absolute atomic E-state index is 12.6. The number of likely N-dealkylation sites (tertiary alicyclic amines) is 1. The van der Waals surface area contributed by atoms with Crippen molar-refractivity contribution in [2.75, 3.05) is 18.4 Å². The van der Waals surface area contributed by atoms with Crippen LogP contribution in [0.15, 0.2) is 35.6 Å². The Morgan fingerprint density at radius 1 is 1.15 bits per heavy atom. The number of carbonyl (C=O) groups is 1. The summed E-state index contributed by atoms with van der Waals surface area (Å²) in [6, 6.07) is 7.99. The van der Waals surface area contributed by atoms with Crippen LogP contribution in [0.25, 0.3) is 11.0 Å². The molecule has 26 heavy (non-hydrogen) atoms. The SMILES string of the molecule is O=C(c1cc2c(Nc3ccc4c(c3)C=NC4)ncnc2[nH]1)N1CCCC1. The summed E-state index contributed by atoms with van der Waals surface area (Å²) in [5, 5.41) is 4.15. The Hall–Kier alpha value is -3.22. The van der Waals surface area contributed by atoms with Gasteiger partial charge in [-0.15, -0.1) is 0 Å². The fraction of sp³-hybridized carbons (Fsp3) is 0.263. The molecule has 2 N–H and O–H groups in total. The predicted octanol–water partition coefficient (Wildman–Crippen LogP) is 2.87. The fourth-order valence-corrected chi connectivity index (χ4v) is 3.56. The van der Waals surface area contributed by atoms with Crippen LogP contribution in [0.3, 0.4) is 0 Å². The van der Waals surface area contributed by atoms with Gasteiger partial charge in [-0.2, -0.15) is 0 Å². The molecule has 0 aliphatic carbocycles. The van der Waals surface area contributed by atoms with Gasteiger partial charge in [-0.25, -0.2) is 9.97 Å². The number of aromatic amines is 1. The van der Waals surface area contributed by atoms with Crippen molar-refractivity contribution in [3.63, 3.8) is 0 Å². The highest BCUT2D eigenvalue weighted by molar-refractivity contribution is 6.00. The summed E-state index contributed by atoms with van der Waals surface area (Å²) in [7, 11) is 0. The molecule has 0 unspecified atom stereocenters. The number of anilines is 2. The molecule has 0 saturated carbocycles. The Labute approximate surface area is 150 Å². The molecule has 1 fully saturated rings. The lowest BCUT2D eigenvalue weighted by Gasteiger charge is -2.13. The minimum Gasteiger partial charge on any atom is -0.340 e. The molecule has 1 aromatic carbocycles. The van der Waals surface area contributed by atoms with Crippen LogP contribution in [0, 0.1) is 0 Å². The highest BCUT2D eigenvalue weighted by Gasteiger charge is 2.22. The first-order chi connectivity index (χ1) is 12.8. The average Bonchev–Trinajstić information content (AvgIpc) is 3.40. The Kier molecular flexibility index (Phi) is 3.44. The zero-order valence-electron chi connectivity index (χ0n) is 14.2. The normalized spacial score (nSPS) is 15.6. The van der Waals surface area contributed by atoms with Crippen LogP contribution in [-0.4, -0.2) is 45.1 Å². The van der Waals surface area contributed by atoms with E-state index >= 15 is 0 Å². The van der Waals surface area contributed by atoms with Gasteiger partial charge in [-0.05, 0) is 42.2 Å². The van der Waals surface area contributed by atoms with Crippen LogP contribution in [0.5, 0.6) is 0 Å². The van der Waals surface area contributed by atoms with Gasteiger partial charge in [0.25, 0.3) is 5.91 Å². The standard InChI is InChI=1S/C19H18N6O/c26-19(25-5-1-2-6-25)16-8-15-17(21-11-22-18(15)24-16)23-14-4-3-12-9-20-10-13(12)7-14/h3-4,7-8,10-11H,1-2,5-6,9H2,(H2,21,22,23,24). The van der Waals surface area contributed by atoms with E-state index in [2.05, 4.69) is 37.4 Å². The summed E-state index contributed by atoms with van der Waals surface area (Å²) < 4.78 is 0. The topological polar surface area (TPSA) is 86.3 Å². The number of carbonyl (C=O) groups excluding carboxylic acids is 1. The Balaban J connectivity index is 1.48. The number of aliphatic imine (C=N–C) groups is 1. The second kappa shape index (κ2) is 5.94. The van der Waals surface area contributed by atoms with Crippen LogP contribution in [0.4, 0.5) is 11.5 Å². The van der Waals surface area contributed by atoms with E-state index in [1.807, 2.05) is 23.2 Å². The first-order valence-electron chi connectivity index (χ1n) is 8.81. The summed E-state index contributed by atoms with van der Waals surface area (Å²) >= 11 is 0. The quantitative estimate of drug-likeness (QED) is 0.763. The van der Waals surface area contributed by atoms with Gasteiger partial charge in [0.05, 0.1) is 11.9 Å². The van der Waals surface area contributed by atoms with E-state index in [1.54, 1.807) is 0 Å². The summed E-state index contributed by atoms with van der Waals surface area (Å²) in [5.41, 5.74) is 4.51. The molecule has 1 saturated heterocycles. The lowest BCUT2D eigenvalue weighted by molar-refractivity contribution is 0.0788. The van der Waals surface area contributed by atoms with Gasteiger partial charge in [-0.3, -0.25) is 9.79 Å². The molecule has 4 heterocycles. The van der Waals surface area contributed by atoms with Crippen molar-refractivity contribution in [1.82, 2.24) is 19.9 Å². The number of fused-ring (bicyclic) bond motifs is 2. The highest BCUT2D eigenvalue weighted by Crippen LogP contribution is 2.27. The van der Waals surface area contributed by atoms with Gasteiger partial charge in [0.15, 0.2) is 0 Å². The summed E-state index contributed by atoms with van der Waals surface area (Å²) in [5.74, 6) is 0.710. The molecule has 7 heteroatoms. The largest absolute Gasteiger partial charge is 0.340 e. The molecular formula is C19H18N6O. The third-order valence-electron chi connectivity index (χ3n) is 4.95. The molecule has 0 bridgehead atoms. The molecule has 7 nitrogen and oxygen atoms in total. The Bertz CT molecular complexity index is 1030. The van der Waals surface area contributed by atoms with Gasteiger partial charge < -0.3 is 15.2 Å². The summed E-state index contributed by atoms with van der Waals surface area (Å²) in [6.45, 7) is 2.39. The van der Waals surface area contributed by atoms with Crippen molar-refractivity contribution in [2.45, 2.75) is 19.4 Å². The second-order valence-electron chi connectivity index (χ2n) is 6.68. The van der Waals surface area contributed by atoms with E-state index in [4.69, 9.17) is 0 Å². The maximum atomic E-state index is 12.6. The Morgan fingerprint density at radius 3 is 2.92 bits per heavy atom. The van der Waals surface area contributed by atoms with E-state index in [-0.39, 0.29) is 5.91 Å². The minimum absolute atomic E-state index is 0.0280. The number of nitrogens with one attached hydrogen (secondary N) is 2. The van der Waals surface area contributed by atoms with Gasteiger partial charge in [-0.1, -0.05) is 6.07 Å².